The topological polar surface area (TPSA) is 68.0 Å². The molecule has 92 valence electrons. The summed E-state index contributed by atoms with van der Waals surface area (Å²) in [6.45, 7) is 0. The van der Waals surface area contributed by atoms with Gasteiger partial charge in [-0.1, -0.05) is 15.9 Å². The second-order valence-corrected chi connectivity index (χ2v) is 4.50. The summed E-state index contributed by atoms with van der Waals surface area (Å²) in [5.74, 6) is -0.568. The fourth-order valence-electron chi connectivity index (χ4n) is 1.35. The van der Waals surface area contributed by atoms with Gasteiger partial charge in [-0.2, -0.15) is 0 Å². The number of nitrogens with zero attached hydrogens (tertiary/aromatic N) is 1. The number of nitrogen functional groups attached to an aromatic ring is 1. The van der Waals surface area contributed by atoms with Gasteiger partial charge in [0, 0.05) is 10.0 Å². The molecule has 0 saturated heterocycles. The van der Waals surface area contributed by atoms with Crippen molar-refractivity contribution in [3.63, 3.8) is 0 Å². The predicted octanol–water partition coefficient (Wildman–Crippen LogP) is 2.82. The Morgan fingerprint density at radius 1 is 1.33 bits per heavy atom. The molecule has 2 aromatic rings. The van der Waals surface area contributed by atoms with Crippen molar-refractivity contribution in [3.8, 4) is 0 Å². The molecule has 2 rings (SSSR count). The number of aromatic nitrogens is 1. The molecule has 0 aliphatic rings. The van der Waals surface area contributed by atoms with Crippen molar-refractivity contribution in [3.05, 3.63) is 52.4 Å². The average molecular weight is 310 g/mol. The zero-order chi connectivity index (χ0) is 13.1. The van der Waals surface area contributed by atoms with Crippen LogP contribution >= 0.6 is 15.9 Å². The van der Waals surface area contributed by atoms with Gasteiger partial charge in [-0.3, -0.25) is 4.79 Å². The zero-order valence-electron chi connectivity index (χ0n) is 9.15. The van der Waals surface area contributed by atoms with Crippen LogP contribution in [0.2, 0.25) is 0 Å². The van der Waals surface area contributed by atoms with Gasteiger partial charge in [0.15, 0.2) is 0 Å². The summed E-state index contributed by atoms with van der Waals surface area (Å²) in [5, 5.41) is 2.55. The van der Waals surface area contributed by atoms with E-state index < -0.39 is 11.7 Å². The standard InChI is InChI=1S/C12H9BrFN3O/c13-8-3-7(4-9(14)5-8)12(18)17-11-2-1-10(15)6-16-11/h1-6H,15H2,(H,16,17,18). The van der Waals surface area contributed by atoms with E-state index >= 15 is 0 Å². The minimum Gasteiger partial charge on any atom is -0.397 e. The third-order valence-electron chi connectivity index (χ3n) is 2.15. The summed E-state index contributed by atoms with van der Waals surface area (Å²) in [7, 11) is 0. The average Bonchev–Trinajstić information content (AvgIpc) is 2.31. The van der Waals surface area contributed by atoms with E-state index in [0.717, 1.165) is 6.07 Å². The fraction of sp³-hybridized carbons (Fsp3) is 0. The Kier molecular flexibility index (Phi) is 3.57. The number of nitrogens with one attached hydrogen (secondary N) is 1. The molecule has 1 aromatic heterocycles. The van der Waals surface area contributed by atoms with Gasteiger partial charge in [0.25, 0.3) is 5.91 Å². The number of halogens is 2. The number of carbonyl (C=O) groups is 1. The van der Waals surface area contributed by atoms with E-state index in [1.807, 2.05) is 0 Å². The van der Waals surface area contributed by atoms with E-state index in [4.69, 9.17) is 5.73 Å². The summed E-state index contributed by atoms with van der Waals surface area (Å²) in [6, 6.07) is 7.14. The number of anilines is 2. The third kappa shape index (κ3) is 3.04. The molecule has 4 nitrogen and oxygen atoms in total. The first kappa shape index (κ1) is 12.5. The minimum atomic E-state index is -0.486. The lowest BCUT2D eigenvalue weighted by atomic mass is 10.2. The van der Waals surface area contributed by atoms with Crippen LogP contribution < -0.4 is 11.1 Å². The molecular formula is C12H9BrFN3O. The van der Waals surface area contributed by atoms with Gasteiger partial charge < -0.3 is 11.1 Å². The maximum Gasteiger partial charge on any atom is 0.256 e. The smallest absolute Gasteiger partial charge is 0.256 e. The fourth-order valence-corrected chi connectivity index (χ4v) is 1.82. The molecule has 0 spiro atoms. The molecule has 18 heavy (non-hydrogen) atoms. The van der Waals surface area contributed by atoms with Crippen LogP contribution in [0.25, 0.3) is 0 Å². The minimum absolute atomic E-state index is 0.209. The van der Waals surface area contributed by atoms with Crippen molar-refractivity contribution in [1.29, 1.82) is 0 Å². The highest BCUT2D eigenvalue weighted by Crippen LogP contribution is 2.16. The van der Waals surface area contributed by atoms with Crippen LogP contribution in [-0.2, 0) is 0 Å². The number of carbonyl (C=O) groups excluding carboxylic acids is 1. The van der Waals surface area contributed by atoms with Crippen molar-refractivity contribution in [2.45, 2.75) is 0 Å². The molecule has 0 bridgehead atoms. The number of hydrogen-bond donors (Lipinski definition) is 2. The van der Waals surface area contributed by atoms with Crippen molar-refractivity contribution >= 4 is 33.3 Å². The SMILES string of the molecule is Nc1ccc(NC(=O)c2cc(F)cc(Br)c2)nc1. The van der Waals surface area contributed by atoms with Crippen LogP contribution in [0.15, 0.2) is 41.0 Å². The Labute approximate surface area is 111 Å². The quantitative estimate of drug-likeness (QED) is 0.896. The maximum atomic E-state index is 13.1. The number of nitrogens with two attached hydrogens (primary N) is 1. The molecule has 0 unspecified atom stereocenters. The summed E-state index contributed by atoms with van der Waals surface area (Å²) < 4.78 is 13.6. The Morgan fingerprint density at radius 3 is 2.72 bits per heavy atom. The van der Waals surface area contributed by atoms with Crippen molar-refractivity contribution in [2.75, 3.05) is 11.1 Å². The number of hydrogen-bond acceptors (Lipinski definition) is 3. The monoisotopic (exact) mass is 309 g/mol. The van der Waals surface area contributed by atoms with E-state index in [-0.39, 0.29) is 5.56 Å². The van der Waals surface area contributed by atoms with Gasteiger partial charge in [-0.05, 0) is 30.3 Å². The van der Waals surface area contributed by atoms with Gasteiger partial charge >= 0.3 is 0 Å². The second-order valence-electron chi connectivity index (χ2n) is 3.59. The van der Waals surface area contributed by atoms with Gasteiger partial charge in [-0.25, -0.2) is 9.37 Å². The Balaban J connectivity index is 2.19. The Hall–Kier alpha value is -1.95. The lowest BCUT2D eigenvalue weighted by Gasteiger charge is -2.05. The van der Waals surface area contributed by atoms with E-state index in [1.165, 1.54) is 18.3 Å². The van der Waals surface area contributed by atoms with Crippen molar-refractivity contribution in [2.24, 2.45) is 0 Å². The van der Waals surface area contributed by atoms with Crippen LogP contribution in [-0.4, -0.2) is 10.9 Å². The normalized spacial score (nSPS) is 10.1. The van der Waals surface area contributed by atoms with Gasteiger partial charge in [-0.15, -0.1) is 0 Å². The molecule has 6 heteroatoms. The molecule has 0 fully saturated rings. The van der Waals surface area contributed by atoms with Crippen molar-refractivity contribution < 1.29 is 9.18 Å². The molecule has 1 aromatic carbocycles. The highest BCUT2D eigenvalue weighted by molar-refractivity contribution is 9.10. The first-order valence-corrected chi connectivity index (χ1v) is 5.83. The number of rotatable bonds is 2. The lowest BCUT2D eigenvalue weighted by molar-refractivity contribution is 0.102. The van der Waals surface area contributed by atoms with Crippen LogP contribution in [0, 0.1) is 5.82 Å². The largest absolute Gasteiger partial charge is 0.397 e. The van der Waals surface area contributed by atoms with E-state index in [9.17, 15) is 9.18 Å². The van der Waals surface area contributed by atoms with Gasteiger partial charge in [0.1, 0.15) is 11.6 Å². The van der Waals surface area contributed by atoms with Crippen LogP contribution in [0.4, 0.5) is 15.9 Å². The van der Waals surface area contributed by atoms with Gasteiger partial charge in [0.2, 0.25) is 0 Å². The Bertz CT molecular complexity index is 566. The first-order chi connectivity index (χ1) is 8.54. The summed E-state index contributed by atoms with van der Waals surface area (Å²) in [5.41, 5.74) is 6.19. The lowest BCUT2D eigenvalue weighted by Crippen LogP contribution is -2.13. The van der Waals surface area contributed by atoms with Crippen LogP contribution in [0.3, 0.4) is 0 Å². The maximum absolute atomic E-state index is 13.1. The van der Waals surface area contributed by atoms with Crippen LogP contribution in [0.5, 0.6) is 0 Å². The third-order valence-corrected chi connectivity index (χ3v) is 2.61. The first-order valence-electron chi connectivity index (χ1n) is 5.03. The number of pyridine rings is 1. The number of benzene rings is 1. The van der Waals surface area contributed by atoms with E-state index in [2.05, 4.69) is 26.2 Å². The summed E-state index contributed by atoms with van der Waals surface area (Å²) in [4.78, 5) is 15.8. The summed E-state index contributed by atoms with van der Waals surface area (Å²) in [6.07, 6.45) is 1.43. The predicted molar refractivity (Wildman–Crippen MR) is 70.7 cm³/mol. The Morgan fingerprint density at radius 2 is 2.11 bits per heavy atom. The highest BCUT2D eigenvalue weighted by Gasteiger charge is 2.09. The molecule has 0 aliphatic carbocycles. The molecule has 0 atom stereocenters. The molecule has 0 aliphatic heterocycles. The van der Waals surface area contributed by atoms with E-state index in [0.29, 0.717) is 16.0 Å². The molecule has 0 saturated carbocycles. The van der Waals surface area contributed by atoms with Gasteiger partial charge in [0.05, 0.1) is 11.9 Å². The summed E-state index contributed by atoms with van der Waals surface area (Å²) >= 11 is 3.12. The zero-order valence-corrected chi connectivity index (χ0v) is 10.7. The van der Waals surface area contributed by atoms with E-state index in [1.54, 1.807) is 12.1 Å². The molecule has 1 amide bonds. The molecule has 3 N–H and O–H groups in total. The molecule has 0 radical (unpaired) electrons. The molecule has 1 heterocycles. The second kappa shape index (κ2) is 5.14. The van der Waals surface area contributed by atoms with Crippen molar-refractivity contribution in [1.82, 2.24) is 4.98 Å². The number of amides is 1. The highest BCUT2D eigenvalue weighted by atomic mass is 79.9. The molecular weight excluding hydrogens is 301 g/mol. The van der Waals surface area contributed by atoms with Crippen LogP contribution in [0.1, 0.15) is 10.4 Å².